The van der Waals surface area contributed by atoms with Crippen LogP contribution in [0.1, 0.15) is 42.4 Å². The summed E-state index contributed by atoms with van der Waals surface area (Å²) in [6, 6.07) is 11.0. The van der Waals surface area contributed by atoms with Crippen molar-refractivity contribution in [2.24, 2.45) is 0 Å². The average molecular weight is 664 g/mol. The number of likely N-dealkylation sites (tertiary alicyclic amines) is 1. The van der Waals surface area contributed by atoms with E-state index in [0.29, 0.717) is 5.92 Å². The van der Waals surface area contributed by atoms with Gasteiger partial charge < -0.3 is 34.9 Å². The van der Waals surface area contributed by atoms with Gasteiger partial charge in [-0.3, -0.25) is 0 Å². The molecule has 1 aliphatic rings. The summed E-state index contributed by atoms with van der Waals surface area (Å²) in [7, 11) is 5.39. The highest BCUT2D eigenvalue weighted by Gasteiger charge is 2.39. The summed E-state index contributed by atoms with van der Waals surface area (Å²) in [5, 5.41) is 18.9. The molecule has 15 heteroatoms. The molecule has 2 aromatic carbocycles. The lowest BCUT2D eigenvalue weighted by Gasteiger charge is -2.32. The highest BCUT2D eigenvalue weighted by molar-refractivity contribution is 5.92. The van der Waals surface area contributed by atoms with Crippen LogP contribution >= 0.6 is 0 Å². The van der Waals surface area contributed by atoms with E-state index in [-0.39, 0.29) is 0 Å². The number of likely N-dealkylation sites (N-methyl/N-ethyl adjacent to an activating group) is 1. The maximum Gasteiger partial charge on any atom is 0.490 e. The predicted molar refractivity (Wildman–Crippen MR) is 161 cm³/mol. The third-order valence-corrected chi connectivity index (χ3v) is 7.51. The molecule has 256 valence electrons. The van der Waals surface area contributed by atoms with E-state index in [1.165, 1.54) is 59.2 Å². The molecule has 4 N–H and O–H groups in total. The first-order chi connectivity index (χ1) is 21.5. The van der Waals surface area contributed by atoms with Crippen molar-refractivity contribution in [2.45, 2.75) is 51.4 Å². The minimum atomic E-state index is -5.08. The van der Waals surface area contributed by atoms with Crippen LogP contribution in [-0.2, 0) is 16.0 Å². The molecule has 0 unspecified atom stereocenters. The van der Waals surface area contributed by atoms with Crippen LogP contribution in [0.15, 0.2) is 30.3 Å². The second-order valence-corrected chi connectivity index (χ2v) is 10.5. The predicted octanol–water partition coefficient (Wildman–Crippen LogP) is 6.39. The van der Waals surface area contributed by atoms with Gasteiger partial charge in [-0.15, -0.1) is 0 Å². The molecule has 0 amide bonds. The van der Waals surface area contributed by atoms with Crippen molar-refractivity contribution in [3.63, 3.8) is 0 Å². The Balaban J connectivity index is 0.000000440. The number of carboxylic acids is 2. The average Bonchev–Trinajstić information content (AvgIpc) is 3.36. The molecule has 0 atom stereocenters. The number of carboxylic acid groups (broad SMARTS) is 2. The van der Waals surface area contributed by atoms with Gasteiger partial charge >= 0.3 is 24.3 Å². The molecule has 1 fully saturated rings. The number of piperidine rings is 1. The summed E-state index contributed by atoms with van der Waals surface area (Å²) in [6.07, 6.45) is -6.70. The second-order valence-electron chi connectivity index (χ2n) is 10.5. The first kappa shape index (κ1) is 38.2. The molecule has 9 nitrogen and oxygen atoms in total. The number of aromatic nitrogens is 1. The summed E-state index contributed by atoms with van der Waals surface area (Å²) < 4.78 is 74.5. The molecule has 0 radical (unpaired) electrons. The Morgan fingerprint density at radius 3 is 1.96 bits per heavy atom. The van der Waals surface area contributed by atoms with Crippen LogP contribution in [0.3, 0.4) is 0 Å². The molecule has 2 heterocycles. The van der Waals surface area contributed by atoms with Crippen LogP contribution in [0.4, 0.5) is 26.3 Å². The van der Waals surface area contributed by atoms with Gasteiger partial charge in [0.15, 0.2) is 11.5 Å². The number of hydrogen-bond acceptors (Lipinski definition) is 6. The van der Waals surface area contributed by atoms with E-state index in [1.54, 1.807) is 14.2 Å². The summed E-state index contributed by atoms with van der Waals surface area (Å²) in [6.45, 7) is 9.10. The number of hydrogen-bond donors (Lipinski definition) is 4. The lowest BCUT2D eigenvalue weighted by Crippen LogP contribution is -2.37. The van der Waals surface area contributed by atoms with Crippen LogP contribution in [0.25, 0.3) is 22.2 Å². The van der Waals surface area contributed by atoms with E-state index in [1.807, 2.05) is 13.1 Å². The Hall–Kier alpha value is -3.98. The van der Waals surface area contributed by atoms with E-state index < -0.39 is 24.3 Å². The molecule has 0 saturated carbocycles. The Bertz CT molecular complexity index is 1440. The molecule has 4 rings (SSSR count). The number of rotatable bonds is 8. The monoisotopic (exact) mass is 663 g/mol. The minimum Gasteiger partial charge on any atom is -0.493 e. The number of halogens is 6. The van der Waals surface area contributed by atoms with Gasteiger partial charge in [0.2, 0.25) is 0 Å². The van der Waals surface area contributed by atoms with Gasteiger partial charge in [-0.25, -0.2) is 9.59 Å². The zero-order valence-electron chi connectivity index (χ0n) is 26.2. The summed E-state index contributed by atoms with van der Waals surface area (Å²) in [5.74, 6) is -3.36. The Morgan fingerprint density at radius 1 is 0.957 bits per heavy atom. The maximum absolute atomic E-state index is 10.6. The number of benzene rings is 2. The number of ether oxygens (including phenoxy) is 2. The van der Waals surface area contributed by atoms with Crippen molar-refractivity contribution in [1.29, 1.82) is 0 Å². The quantitative estimate of drug-likeness (QED) is 0.205. The van der Waals surface area contributed by atoms with Crippen molar-refractivity contribution in [3.05, 3.63) is 47.0 Å². The molecule has 3 aromatic rings. The molecule has 0 bridgehead atoms. The SMILES string of the molecule is CCc1c(-c2ccc(OC)c(OC)c2)[nH]c2cc(C)c(C3CCN(CCNC)CC3)cc12.O=C(O)C(F)(F)F.O=C(O)C(F)(F)F. The number of carbonyl (C=O) groups is 2. The smallest absolute Gasteiger partial charge is 0.490 e. The van der Waals surface area contributed by atoms with Crippen molar-refractivity contribution in [3.8, 4) is 22.8 Å². The number of alkyl halides is 6. The zero-order valence-corrected chi connectivity index (χ0v) is 26.2. The van der Waals surface area contributed by atoms with E-state index in [4.69, 9.17) is 29.3 Å². The molecule has 1 saturated heterocycles. The minimum absolute atomic E-state index is 0.648. The number of aromatic amines is 1. The fourth-order valence-electron chi connectivity index (χ4n) is 5.21. The molecule has 46 heavy (non-hydrogen) atoms. The van der Waals surface area contributed by atoms with E-state index in [0.717, 1.165) is 36.6 Å². The normalized spacial score (nSPS) is 14.2. The third kappa shape index (κ3) is 10.3. The van der Waals surface area contributed by atoms with Gasteiger partial charge in [-0.2, -0.15) is 26.3 Å². The summed E-state index contributed by atoms with van der Waals surface area (Å²) in [4.78, 5) is 24.1. The number of nitrogens with zero attached hydrogens (tertiary/aromatic N) is 1. The molecule has 0 spiro atoms. The first-order valence-corrected chi connectivity index (χ1v) is 14.3. The lowest BCUT2D eigenvalue weighted by atomic mass is 9.85. The molecular formula is C31H39F6N3O6. The third-order valence-electron chi connectivity index (χ3n) is 7.51. The van der Waals surface area contributed by atoms with Crippen molar-refractivity contribution in [1.82, 2.24) is 15.2 Å². The van der Waals surface area contributed by atoms with Crippen LogP contribution < -0.4 is 14.8 Å². The fraction of sp³-hybridized carbons (Fsp3) is 0.484. The van der Waals surface area contributed by atoms with Crippen LogP contribution in [0.2, 0.25) is 0 Å². The van der Waals surface area contributed by atoms with Gasteiger partial charge in [0.05, 0.1) is 14.2 Å². The Morgan fingerprint density at radius 2 is 1.50 bits per heavy atom. The highest BCUT2D eigenvalue weighted by Crippen LogP contribution is 2.39. The molecule has 0 aliphatic carbocycles. The highest BCUT2D eigenvalue weighted by atomic mass is 19.4. The second kappa shape index (κ2) is 16.5. The van der Waals surface area contributed by atoms with Gasteiger partial charge in [-0.05, 0) is 99.3 Å². The van der Waals surface area contributed by atoms with Gasteiger partial charge in [0.25, 0.3) is 0 Å². The van der Waals surface area contributed by atoms with E-state index >= 15 is 0 Å². The van der Waals surface area contributed by atoms with Crippen LogP contribution in [-0.4, -0.2) is 91.8 Å². The van der Waals surface area contributed by atoms with E-state index in [9.17, 15) is 26.3 Å². The van der Waals surface area contributed by atoms with Gasteiger partial charge in [0.1, 0.15) is 0 Å². The first-order valence-electron chi connectivity index (χ1n) is 14.3. The standard InChI is InChI=1S/C27H37N3O2.2C2HF3O2/c1-6-21-23-17-22(19-9-12-30(13-10-19)14-11-28-3)18(2)15-24(23)29-27(21)20-7-8-25(31-4)26(16-20)32-5;2*3-2(4,5)1(6)7/h7-8,15-17,19,28-29H,6,9-14H2,1-5H3;2*(H,6,7). The van der Waals surface area contributed by atoms with Gasteiger partial charge in [-0.1, -0.05) is 6.92 Å². The zero-order chi connectivity index (χ0) is 34.8. The van der Waals surface area contributed by atoms with Gasteiger partial charge in [0, 0.05) is 35.2 Å². The van der Waals surface area contributed by atoms with Crippen molar-refractivity contribution in [2.75, 3.05) is 47.4 Å². The summed E-state index contributed by atoms with van der Waals surface area (Å²) >= 11 is 0. The number of aliphatic carboxylic acids is 2. The van der Waals surface area contributed by atoms with E-state index in [2.05, 4.69) is 53.3 Å². The van der Waals surface area contributed by atoms with Crippen molar-refractivity contribution >= 4 is 22.8 Å². The largest absolute Gasteiger partial charge is 0.493 e. The fourth-order valence-corrected chi connectivity index (χ4v) is 5.21. The molecular weight excluding hydrogens is 624 g/mol. The Labute approximate surface area is 262 Å². The van der Waals surface area contributed by atoms with Crippen LogP contribution in [0, 0.1) is 6.92 Å². The number of fused-ring (bicyclic) bond motifs is 1. The number of methoxy groups -OCH3 is 2. The maximum atomic E-state index is 10.6. The number of aryl methyl sites for hydroxylation is 2. The Kier molecular flexibility index (Phi) is 13.7. The topological polar surface area (TPSA) is 124 Å². The lowest BCUT2D eigenvalue weighted by molar-refractivity contribution is -0.193. The molecule has 1 aliphatic heterocycles. The van der Waals surface area contributed by atoms with Crippen LogP contribution in [0.5, 0.6) is 11.5 Å². The number of nitrogens with one attached hydrogen (secondary N) is 2. The van der Waals surface area contributed by atoms with Crippen molar-refractivity contribution < 1.29 is 55.6 Å². The number of H-pyrrole nitrogens is 1. The summed E-state index contributed by atoms with van der Waals surface area (Å²) in [5.41, 5.74) is 7.83. The molecule has 1 aromatic heterocycles.